The summed E-state index contributed by atoms with van der Waals surface area (Å²) in [4.78, 5) is 16.1. The van der Waals surface area contributed by atoms with Crippen molar-refractivity contribution in [3.05, 3.63) is 71.7 Å². The summed E-state index contributed by atoms with van der Waals surface area (Å²) in [5.74, 6) is -2.04. The number of hydrogen-bond donors (Lipinski definition) is 5. The molecule has 4 aromatic rings. The number of anilines is 3. The lowest BCUT2D eigenvalue weighted by Gasteiger charge is -2.12. The molecule has 2 aromatic carbocycles. The van der Waals surface area contributed by atoms with E-state index >= 15 is 0 Å². The fraction of sp³-hybridized carbons (Fsp3) is 0.136. The van der Waals surface area contributed by atoms with Crippen LogP contribution in [0, 0.1) is 11.6 Å². The number of urea groups is 1. The molecule has 2 aromatic heterocycles. The molecule has 188 valence electrons. The molecule has 0 spiro atoms. The minimum absolute atomic E-state index is 0.0153. The number of carbonyl (C=O) groups excluding carboxylic acids is 1. The molecule has 0 saturated carbocycles. The minimum atomic E-state index is -4.76. The fourth-order valence-electron chi connectivity index (χ4n) is 3.50. The highest BCUT2D eigenvalue weighted by Crippen LogP contribution is 2.34. The predicted octanol–water partition coefficient (Wildman–Crippen LogP) is 3.95. The second kappa shape index (κ2) is 9.39. The van der Waals surface area contributed by atoms with Crippen LogP contribution in [0.5, 0.6) is 0 Å². The molecule has 4 rings (SSSR count). The molecule has 0 fully saturated rings. The molecule has 1 atom stereocenters. The van der Waals surface area contributed by atoms with Gasteiger partial charge in [0.1, 0.15) is 29.6 Å². The standard InChI is InChI=1S/C22H17F5N6O3/c23-13-3-2-11(22(25,26)27)6-16(13)32-21(36)31-15-4-1-10(5-14(15)24)12-7-17(18(35)8-34)33-19(12)20(28)29-9-30-33/h1-7,9,18,34-35H,8H2,(H2,28,29,30)(H2,31,32,36). The van der Waals surface area contributed by atoms with Gasteiger partial charge < -0.3 is 26.6 Å². The molecule has 2 heterocycles. The molecule has 6 N–H and O–H groups in total. The Morgan fingerprint density at radius 2 is 1.78 bits per heavy atom. The van der Waals surface area contributed by atoms with Crippen LogP contribution in [-0.4, -0.2) is 37.4 Å². The van der Waals surface area contributed by atoms with Crippen LogP contribution in [0.25, 0.3) is 16.6 Å². The highest BCUT2D eigenvalue weighted by atomic mass is 19.4. The smallest absolute Gasteiger partial charge is 0.393 e. The number of amides is 2. The van der Waals surface area contributed by atoms with Crippen LogP contribution in [0.3, 0.4) is 0 Å². The van der Waals surface area contributed by atoms with E-state index in [0.717, 1.165) is 12.4 Å². The van der Waals surface area contributed by atoms with Crippen LogP contribution in [0.4, 0.5) is 43.9 Å². The number of aliphatic hydroxyl groups is 2. The lowest BCUT2D eigenvalue weighted by Crippen LogP contribution is -2.21. The first-order chi connectivity index (χ1) is 17.0. The van der Waals surface area contributed by atoms with Crippen LogP contribution >= 0.6 is 0 Å². The molecule has 9 nitrogen and oxygen atoms in total. The zero-order valence-corrected chi connectivity index (χ0v) is 18.0. The molecular weight excluding hydrogens is 491 g/mol. The Hall–Kier alpha value is -4.30. The van der Waals surface area contributed by atoms with E-state index in [1.54, 1.807) is 0 Å². The minimum Gasteiger partial charge on any atom is -0.393 e. The van der Waals surface area contributed by atoms with Crippen LogP contribution in [0.2, 0.25) is 0 Å². The van der Waals surface area contributed by atoms with E-state index in [1.807, 2.05) is 5.32 Å². The van der Waals surface area contributed by atoms with Gasteiger partial charge in [-0.2, -0.15) is 18.3 Å². The van der Waals surface area contributed by atoms with Crippen molar-refractivity contribution in [1.29, 1.82) is 0 Å². The summed E-state index contributed by atoms with van der Waals surface area (Å²) in [7, 11) is 0. The number of carbonyl (C=O) groups is 1. The Kier molecular flexibility index (Phi) is 6.47. The Morgan fingerprint density at radius 1 is 1.06 bits per heavy atom. The van der Waals surface area contributed by atoms with Gasteiger partial charge in [-0.05, 0) is 42.0 Å². The number of benzene rings is 2. The fourth-order valence-corrected chi connectivity index (χ4v) is 3.50. The number of aromatic nitrogens is 3. The maximum atomic E-state index is 14.8. The lowest BCUT2D eigenvalue weighted by molar-refractivity contribution is -0.137. The van der Waals surface area contributed by atoms with Crippen molar-refractivity contribution >= 4 is 28.7 Å². The summed E-state index contributed by atoms with van der Waals surface area (Å²) in [5, 5.41) is 27.4. The number of nitrogens with two attached hydrogens (primary N) is 1. The second-order valence-electron chi connectivity index (χ2n) is 7.55. The monoisotopic (exact) mass is 508 g/mol. The number of rotatable bonds is 5. The van der Waals surface area contributed by atoms with E-state index in [2.05, 4.69) is 15.4 Å². The van der Waals surface area contributed by atoms with Crippen LogP contribution in [-0.2, 0) is 6.18 Å². The van der Waals surface area contributed by atoms with Gasteiger partial charge in [0.25, 0.3) is 0 Å². The third-order valence-electron chi connectivity index (χ3n) is 5.19. The number of alkyl halides is 3. The first kappa shape index (κ1) is 24.8. The number of nitrogen functional groups attached to an aromatic ring is 1. The van der Waals surface area contributed by atoms with Gasteiger partial charge in [0, 0.05) is 5.56 Å². The van der Waals surface area contributed by atoms with Crippen molar-refractivity contribution < 1.29 is 37.0 Å². The molecule has 0 aliphatic carbocycles. The van der Waals surface area contributed by atoms with E-state index in [1.165, 1.54) is 22.7 Å². The predicted molar refractivity (Wildman–Crippen MR) is 119 cm³/mol. The van der Waals surface area contributed by atoms with Gasteiger partial charge in [-0.25, -0.2) is 23.1 Å². The molecule has 0 bridgehead atoms. The Morgan fingerprint density at radius 3 is 2.44 bits per heavy atom. The molecule has 2 amide bonds. The number of halogens is 5. The molecule has 1 unspecified atom stereocenters. The largest absolute Gasteiger partial charge is 0.416 e. The molecular formula is C22H17F5N6O3. The normalized spacial score (nSPS) is 12.5. The quantitative estimate of drug-likeness (QED) is 0.259. The molecule has 0 aliphatic rings. The van der Waals surface area contributed by atoms with Gasteiger partial charge in [0.2, 0.25) is 0 Å². The van der Waals surface area contributed by atoms with Crippen molar-refractivity contribution in [2.24, 2.45) is 0 Å². The summed E-state index contributed by atoms with van der Waals surface area (Å²) >= 11 is 0. The highest BCUT2D eigenvalue weighted by Gasteiger charge is 2.31. The number of aliphatic hydroxyl groups excluding tert-OH is 2. The molecule has 0 aliphatic heterocycles. The van der Waals surface area contributed by atoms with Crippen molar-refractivity contribution in [3.8, 4) is 11.1 Å². The number of fused-ring (bicyclic) bond motifs is 1. The molecule has 14 heteroatoms. The van der Waals surface area contributed by atoms with Crippen LogP contribution in [0.1, 0.15) is 17.4 Å². The van der Waals surface area contributed by atoms with E-state index in [9.17, 15) is 37.0 Å². The third-order valence-corrected chi connectivity index (χ3v) is 5.19. The number of hydrogen-bond acceptors (Lipinski definition) is 6. The summed E-state index contributed by atoms with van der Waals surface area (Å²) in [5.41, 5.74) is 4.62. The molecule has 36 heavy (non-hydrogen) atoms. The zero-order chi connectivity index (χ0) is 26.2. The third kappa shape index (κ3) is 4.76. The maximum Gasteiger partial charge on any atom is 0.416 e. The first-order valence-electron chi connectivity index (χ1n) is 10.1. The first-order valence-corrected chi connectivity index (χ1v) is 10.1. The van der Waals surface area contributed by atoms with Crippen molar-refractivity contribution in [2.45, 2.75) is 12.3 Å². The van der Waals surface area contributed by atoms with Gasteiger partial charge in [-0.15, -0.1) is 0 Å². The van der Waals surface area contributed by atoms with Gasteiger partial charge >= 0.3 is 12.2 Å². The average molecular weight is 508 g/mol. The van der Waals surface area contributed by atoms with Crippen LogP contribution < -0.4 is 16.4 Å². The Bertz CT molecular complexity index is 1460. The van der Waals surface area contributed by atoms with Crippen molar-refractivity contribution in [3.63, 3.8) is 0 Å². The van der Waals surface area contributed by atoms with Crippen molar-refractivity contribution in [2.75, 3.05) is 23.0 Å². The van der Waals surface area contributed by atoms with E-state index < -0.39 is 47.8 Å². The zero-order valence-electron chi connectivity index (χ0n) is 18.0. The molecule has 0 saturated heterocycles. The maximum absolute atomic E-state index is 14.8. The summed E-state index contributed by atoms with van der Waals surface area (Å²) < 4.78 is 68.6. The second-order valence-corrected chi connectivity index (χ2v) is 7.55. The van der Waals surface area contributed by atoms with Gasteiger partial charge in [-0.3, -0.25) is 0 Å². The SMILES string of the molecule is Nc1ncnn2c(C(O)CO)cc(-c3ccc(NC(=O)Nc4cc(C(F)(F)F)ccc4F)c(F)c3)c12. The number of nitrogens with one attached hydrogen (secondary N) is 2. The summed E-state index contributed by atoms with van der Waals surface area (Å²) in [6, 6.07) is 5.32. The topological polar surface area (TPSA) is 138 Å². The molecule has 0 radical (unpaired) electrons. The van der Waals surface area contributed by atoms with E-state index in [0.29, 0.717) is 23.8 Å². The number of nitrogens with zero attached hydrogens (tertiary/aromatic N) is 3. The summed E-state index contributed by atoms with van der Waals surface area (Å²) in [6.45, 7) is -0.617. The van der Waals surface area contributed by atoms with Gasteiger partial charge in [-0.1, -0.05) is 6.07 Å². The lowest BCUT2D eigenvalue weighted by atomic mass is 10.1. The highest BCUT2D eigenvalue weighted by molar-refractivity contribution is 6.00. The van der Waals surface area contributed by atoms with Gasteiger partial charge in [0.15, 0.2) is 5.82 Å². The van der Waals surface area contributed by atoms with Crippen LogP contribution in [0.15, 0.2) is 48.8 Å². The average Bonchev–Trinajstić information content (AvgIpc) is 3.21. The van der Waals surface area contributed by atoms with E-state index in [4.69, 9.17) is 5.73 Å². The van der Waals surface area contributed by atoms with Crippen molar-refractivity contribution in [1.82, 2.24) is 14.6 Å². The summed E-state index contributed by atoms with van der Waals surface area (Å²) in [6.07, 6.45) is -4.93. The Balaban J connectivity index is 1.61. The van der Waals surface area contributed by atoms with E-state index in [-0.39, 0.29) is 28.3 Å². The Labute approximate surface area is 199 Å². The van der Waals surface area contributed by atoms with Gasteiger partial charge in [0.05, 0.1) is 29.2 Å².